The SMILES string of the molecule is CCCCCCCCCCCCCCCCCC(=O)N[C@@H](CC)CN1C(=O)N[C@@H](CCC(N)=O)C(=O)NC(=O)N[C@@H](CC(=O)O)C(=O)N2CSC[C@H]2C(=O)N[C@H](CCC(=O)O)C(=O)NC([C@@H](C)O)C(=O)NC(=O)N[C@@H](CCC(=O)O)C(=O)N[C@H](CSCC2(CSCC)COC2)C(=O)N[C@@H](CC(C)C)C(=O)N(CCC)C1=O. The molecular weight excluding hydrogens is 1510 g/mol. The lowest BCUT2D eigenvalue weighted by Gasteiger charge is -2.41. The number of nitrogens with zero attached hydrogens (tertiary/aromatic N) is 3. The van der Waals surface area contributed by atoms with Crippen molar-refractivity contribution >= 4 is 136 Å². The fraction of sp³-hybridized carbons (Fsp3) is 0.764. The number of fused-ring (bicyclic) bond motifs is 1. The van der Waals surface area contributed by atoms with Crippen LogP contribution in [0, 0.1) is 11.3 Å². The lowest BCUT2D eigenvalue weighted by Crippen LogP contribution is -2.63. The Kier molecular flexibility index (Phi) is 45.8. The minimum absolute atomic E-state index is 0.0153. The Bertz CT molecular complexity index is 3130. The van der Waals surface area contributed by atoms with E-state index in [9.17, 15) is 82.8 Å². The molecule has 1 unspecified atom stereocenters. The lowest BCUT2D eigenvalue weighted by molar-refractivity contribution is -0.144. The molecule has 3 heterocycles. The maximum Gasteiger partial charge on any atom is 0.334 e. The summed E-state index contributed by atoms with van der Waals surface area (Å²) >= 11 is 3.78. The highest BCUT2D eigenvalue weighted by molar-refractivity contribution is 8.00. The van der Waals surface area contributed by atoms with E-state index >= 15 is 19.2 Å². The second kappa shape index (κ2) is 52.3. The number of rotatable bonds is 43. The van der Waals surface area contributed by atoms with Crippen molar-refractivity contribution in [2.75, 3.05) is 60.9 Å². The van der Waals surface area contributed by atoms with E-state index in [2.05, 4.69) is 49.5 Å². The predicted molar refractivity (Wildman–Crippen MR) is 414 cm³/mol. The molecule has 628 valence electrons. The Balaban J connectivity index is 2.26. The van der Waals surface area contributed by atoms with Crippen molar-refractivity contribution in [3.05, 3.63) is 0 Å². The van der Waals surface area contributed by atoms with Crippen LogP contribution < -0.4 is 58.9 Å². The third-order valence-electron chi connectivity index (χ3n) is 18.6. The number of imide groups is 4. The molecule has 0 spiro atoms. The monoisotopic (exact) mass is 1630 g/mol. The Morgan fingerprint density at radius 2 is 1.06 bits per heavy atom. The number of aliphatic hydroxyl groups excluding tert-OH is 1. The zero-order valence-corrected chi connectivity index (χ0v) is 67.5. The van der Waals surface area contributed by atoms with Gasteiger partial charge in [0, 0.05) is 66.7 Å². The van der Waals surface area contributed by atoms with Crippen molar-refractivity contribution < 1.29 is 107 Å². The number of urea groups is 4. The number of primary amides is 1. The molecule has 3 rings (SSSR count). The van der Waals surface area contributed by atoms with E-state index in [1.165, 1.54) is 63.1 Å². The van der Waals surface area contributed by atoms with Gasteiger partial charge in [0.05, 0.1) is 38.2 Å². The summed E-state index contributed by atoms with van der Waals surface area (Å²) in [5.41, 5.74) is 5.15. The molecule has 3 fully saturated rings. The van der Waals surface area contributed by atoms with E-state index in [1.807, 2.05) is 17.6 Å². The molecule has 0 aliphatic carbocycles. The molecule has 0 saturated carbocycles. The third kappa shape index (κ3) is 36.5. The first-order chi connectivity index (χ1) is 52.7. The minimum atomic E-state index is -2.11. The van der Waals surface area contributed by atoms with Gasteiger partial charge in [-0.15, -0.1) is 11.8 Å². The van der Waals surface area contributed by atoms with Gasteiger partial charge >= 0.3 is 42.0 Å². The van der Waals surface area contributed by atoms with Crippen LogP contribution in [-0.4, -0.2) is 258 Å². The summed E-state index contributed by atoms with van der Waals surface area (Å²) in [6, 6.07) is -21.9. The number of aliphatic hydroxyl groups is 1. The zero-order valence-electron chi connectivity index (χ0n) is 65.1. The third-order valence-corrected chi connectivity index (χ3v) is 22.2. The summed E-state index contributed by atoms with van der Waals surface area (Å²) in [6.07, 6.45) is 8.82. The molecule has 0 bridgehead atoms. The molecule has 0 radical (unpaired) electrons. The number of unbranched alkanes of at least 4 members (excludes halogenated alkanes) is 14. The first-order valence-electron chi connectivity index (χ1n) is 38.6. The van der Waals surface area contributed by atoms with Crippen LogP contribution in [0.3, 0.4) is 0 Å². The summed E-state index contributed by atoms with van der Waals surface area (Å²) in [7, 11) is 0. The minimum Gasteiger partial charge on any atom is -0.481 e. The van der Waals surface area contributed by atoms with Crippen molar-refractivity contribution in [2.24, 2.45) is 17.1 Å². The van der Waals surface area contributed by atoms with Gasteiger partial charge in [-0.25, -0.2) is 24.1 Å². The van der Waals surface area contributed by atoms with Crippen molar-refractivity contribution in [1.82, 2.24) is 67.9 Å². The van der Waals surface area contributed by atoms with E-state index in [1.54, 1.807) is 39.5 Å². The Morgan fingerprint density at radius 1 is 0.559 bits per heavy atom. The van der Waals surface area contributed by atoms with Crippen molar-refractivity contribution in [2.45, 2.75) is 276 Å². The van der Waals surface area contributed by atoms with E-state index in [4.69, 9.17) is 10.5 Å². The van der Waals surface area contributed by atoms with Crippen LogP contribution in [0.2, 0.25) is 0 Å². The van der Waals surface area contributed by atoms with E-state index in [0.29, 0.717) is 40.9 Å². The number of aliphatic carboxylic acids is 3. The molecule has 0 aromatic carbocycles. The highest BCUT2D eigenvalue weighted by Gasteiger charge is 2.44. The number of hydrogen-bond donors (Lipinski definition) is 15. The first-order valence-corrected chi connectivity index (χ1v) is 42.1. The number of nitrogens with one attached hydrogen (secondary N) is 10. The number of ether oxygens (including phenoxy) is 1. The average Bonchev–Trinajstić information content (AvgIpc) is 1.69. The van der Waals surface area contributed by atoms with Crippen molar-refractivity contribution in [3.8, 4) is 0 Å². The zero-order chi connectivity index (χ0) is 82.8. The Hall–Kier alpha value is -8.04. The summed E-state index contributed by atoms with van der Waals surface area (Å²) in [5.74, 6) is -15.7. The predicted octanol–water partition coefficient (Wildman–Crippen LogP) is 3.52. The van der Waals surface area contributed by atoms with Crippen molar-refractivity contribution in [1.29, 1.82) is 0 Å². The summed E-state index contributed by atoms with van der Waals surface area (Å²) in [6.45, 7) is 11.3. The van der Waals surface area contributed by atoms with Crippen molar-refractivity contribution in [3.63, 3.8) is 0 Å². The second-order valence-electron chi connectivity index (χ2n) is 28.8. The number of carboxylic acid groups (broad SMARTS) is 3. The summed E-state index contributed by atoms with van der Waals surface area (Å²) < 4.78 is 5.59. The molecule has 39 heteroatoms. The van der Waals surface area contributed by atoms with Gasteiger partial charge in [0.15, 0.2) is 0 Å². The molecule has 16 N–H and O–H groups in total. The molecule has 3 saturated heterocycles. The normalized spacial score (nSPS) is 22.5. The largest absolute Gasteiger partial charge is 0.481 e. The van der Waals surface area contributed by atoms with Gasteiger partial charge in [-0.1, -0.05) is 131 Å². The number of carbonyl (C=O) groups excluding carboxylic acids is 14. The van der Waals surface area contributed by atoms with Gasteiger partial charge in [-0.2, -0.15) is 23.5 Å². The molecule has 3 aliphatic rings. The second-order valence-corrected chi connectivity index (χ2v) is 32.1. The van der Waals surface area contributed by atoms with Gasteiger partial charge in [0.25, 0.3) is 17.7 Å². The van der Waals surface area contributed by atoms with Crippen LogP contribution in [0.1, 0.15) is 215 Å². The number of carbonyl (C=O) groups is 17. The summed E-state index contributed by atoms with van der Waals surface area (Å²) in [5, 5.41) is 63.2. The Labute approximate surface area is 661 Å². The lowest BCUT2D eigenvalue weighted by atomic mass is 9.91. The van der Waals surface area contributed by atoms with Gasteiger partial charge in [0.1, 0.15) is 48.3 Å². The molecular formula is C72H120N14O22S3. The highest BCUT2D eigenvalue weighted by atomic mass is 32.2. The molecule has 0 aromatic rings. The van der Waals surface area contributed by atoms with Crippen LogP contribution in [0.4, 0.5) is 19.2 Å². The van der Waals surface area contributed by atoms with Crippen LogP contribution in [0.5, 0.6) is 0 Å². The van der Waals surface area contributed by atoms with Crippen LogP contribution in [0.15, 0.2) is 0 Å². The van der Waals surface area contributed by atoms with Crippen LogP contribution in [-0.2, 0) is 67.1 Å². The summed E-state index contributed by atoms with van der Waals surface area (Å²) in [4.78, 5) is 239. The topological polar surface area (TPSA) is 536 Å². The van der Waals surface area contributed by atoms with E-state index < -0.39 is 226 Å². The maximum atomic E-state index is 15.5. The fourth-order valence-corrected chi connectivity index (χ4v) is 15.8. The standard InChI is InChI=1S/C72H120N14O22S3/c1-8-12-13-14-15-16-17-18-19-20-21-22-23-24-25-26-55(89)74-46(10-3)36-85-70(106)80-49(27-30-54(73)88)62(98)82-69(105)79-51(35-58(94)95)67(103)86-43-111-38-53(86)64(100)75-47(28-31-56(90)91)61(97)81-59(45(7)87)65(101)83-68(104)78-48(29-32-57(92)93)60(96)77-52(37-110-42-72(39-108-40-72)41-109-11-4)63(99)76-50(34-44(5)6)66(102)84(33-9-2)71(85)107/h44-53,59,87H,8-43H2,1-7H3,(H2,73,88)(H,74,89)(H,75,100)(H,76,99)(H,77,96)(H,80,106)(H,81,97)(H,90,91)(H,92,93)(H,94,95)(H2,78,83,101,104)(H2,79,82,98,105)/t45-,46+,47-,48+,49+,50+,51+,52-,53+,59?/m1/s1. The number of hydrogen-bond acceptors (Lipinski definition) is 22. The van der Waals surface area contributed by atoms with Gasteiger partial charge in [0.2, 0.25) is 41.4 Å². The van der Waals surface area contributed by atoms with Gasteiger partial charge in [-0.05, 0) is 63.5 Å². The van der Waals surface area contributed by atoms with Gasteiger partial charge in [-0.3, -0.25) is 77.9 Å². The quantitative estimate of drug-likeness (QED) is 0.0388. The molecule has 18 amide bonds. The van der Waals surface area contributed by atoms with E-state index in [0.717, 1.165) is 67.9 Å². The van der Waals surface area contributed by atoms with Crippen LogP contribution >= 0.6 is 35.3 Å². The number of carboxylic acids is 3. The highest BCUT2D eigenvalue weighted by Crippen LogP contribution is 2.35. The first kappa shape index (κ1) is 97.2. The molecule has 0 aromatic heterocycles. The maximum absolute atomic E-state index is 15.5. The Morgan fingerprint density at radius 3 is 1.58 bits per heavy atom. The molecule has 3 aliphatic heterocycles. The van der Waals surface area contributed by atoms with Gasteiger partial charge < -0.3 is 78.3 Å². The number of amides is 18. The smallest absolute Gasteiger partial charge is 0.334 e. The number of thioether (sulfide) groups is 3. The van der Waals surface area contributed by atoms with Crippen LogP contribution in [0.25, 0.3) is 0 Å². The molecule has 111 heavy (non-hydrogen) atoms. The van der Waals surface area contributed by atoms with E-state index in [-0.39, 0.29) is 48.5 Å². The molecule has 36 nitrogen and oxygen atoms in total. The number of nitrogens with two attached hydrogens (primary N) is 1. The average molecular weight is 1630 g/mol. The fourth-order valence-electron chi connectivity index (χ4n) is 12.3. The molecule has 10 atom stereocenters.